The summed E-state index contributed by atoms with van der Waals surface area (Å²) in [5.41, 5.74) is 0. The van der Waals surface area contributed by atoms with Crippen molar-refractivity contribution in [3.63, 3.8) is 0 Å². The summed E-state index contributed by atoms with van der Waals surface area (Å²) < 4.78 is 38.9. The summed E-state index contributed by atoms with van der Waals surface area (Å²) in [5.74, 6) is -0.688. The van der Waals surface area contributed by atoms with Crippen molar-refractivity contribution in [1.82, 2.24) is 15.2 Å². The van der Waals surface area contributed by atoms with Crippen LogP contribution in [0.3, 0.4) is 0 Å². The number of hydrogen-bond donors (Lipinski definition) is 2. The van der Waals surface area contributed by atoms with Crippen LogP contribution >= 0.6 is 0 Å². The van der Waals surface area contributed by atoms with Gasteiger partial charge in [-0.25, -0.2) is 5.10 Å². The number of halogens is 3. The zero-order valence-corrected chi connectivity index (χ0v) is 7.34. The highest BCUT2D eigenvalue weighted by molar-refractivity contribution is 5.89. The maximum Gasteiger partial charge on any atom is 0.411 e. The lowest BCUT2D eigenvalue weighted by Crippen LogP contribution is -2.24. The Morgan fingerprint density at radius 2 is 2.33 bits per heavy atom. The molecule has 1 aromatic heterocycles. The van der Waals surface area contributed by atoms with Crippen LogP contribution in [0.4, 0.5) is 19.1 Å². The molecular weight excluding hydrogens is 217 g/mol. The highest BCUT2D eigenvalue weighted by Gasteiger charge is 2.27. The van der Waals surface area contributed by atoms with Crippen LogP contribution < -0.4 is 5.32 Å². The van der Waals surface area contributed by atoms with E-state index in [2.05, 4.69) is 25.2 Å². The Morgan fingerprint density at radius 3 is 2.87 bits per heavy atom. The minimum atomic E-state index is -4.44. The summed E-state index contributed by atoms with van der Waals surface area (Å²) in [6.07, 6.45) is -3.29. The molecule has 15 heavy (non-hydrogen) atoms. The molecule has 0 aliphatic heterocycles. The second-order valence-electron chi connectivity index (χ2n) is 2.49. The molecule has 0 bridgehead atoms. The number of ether oxygens (including phenoxy) is 1. The van der Waals surface area contributed by atoms with Crippen LogP contribution in [0.15, 0.2) is 6.33 Å². The molecule has 0 unspecified atom stereocenters. The number of nitrogens with one attached hydrogen (secondary N) is 2. The Bertz CT molecular complexity index is 311. The Balaban J connectivity index is 2.20. The van der Waals surface area contributed by atoms with Crippen molar-refractivity contribution < 1.29 is 22.7 Å². The number of hydrogen-bond acceptors (Lipinski definition) is 4. The summed E-state index contributed by atoms with van der Waals surface area (Å²) in [5, 5.41) is 7.87. The van der Waals surface area contributed by atoms with Gasteiger partial charge in [0.05, 0.1) is 0 Å². The summed E-state index contributed by atoms with van der Waals surface area (Å²) in [7, 11) is 0. The van der Waals surface area contributed by atoms with Gasteiger partial charge in [-0.15, -0.1) is 0 Å². The van der Waals surface area contributed by atoms with Gasteiger partial charge in [-0.1, -0.05) is 0 Å². The van der Waals surface area contributed by atoms with Crippen molar-refractivity contribution in [3.05, 3.63) is 6.33 Å². The molecule has 0 spiro atoms. The number of amides is 1. The molecule has 0 saturated carbocycles. The van der Waals surface area contributed by atoms with E-state index in [0.717, 1.165) is 6.33 Å². The van der Waals surface area contributed by atoms with Crippen molar-refractivity contribution in [3.8, 4) is 0 Å². The molecule has 0 saturated heterocycles. The first kappa shape index (κ1) is 11.4. The van der Waals surface area contributed by atoms with E-state index in [-0.39, 0.29) is 5.95 Å². The number of aromatic nitrogens is 3. The molecule has 9 heteroatoms. The van der Waals surface area contributed by atoms with Gasteiger partial charge in [0.25, 0.3) is 5.91 Å². The number of nitrogens with zero attached hydrogens (tertiary/aromatic N) is 2. The third kappa shape index (κ3) is 4.96. The van der Waals surface area contributed by atoms with Crippen LogP contribution in [0, 0.1) is 0 Å². The van der Waals surface area contributed by atoms with Crippen molar-refractivity contribution in [1.29, 1.82) is 0 Å². The number of carbonyl (C=O) groups is 1. The van der Waals surface area contributed by atoms with Gasteiger partial charge in [-0.3, -0.25) is 10.1 Å². The van der Waals surface area contributed by atoms with E-state index >= 15 is 0 Å². The number of rotatable bonds is 4. The lowest BCUT2D eigenvalue weighted by Gasteiger charge is -2.06. The summed E-state index contributed by atoms with van der Waals surface area (Å²) >= 11 is 0. The van der Waals surface area contributed by atoms with Gasteiger partial charge in [-0.2, -0.15) is 23.3 Å². The molecule has 0 aliphatic rings. The molecular formula is C6H7F3N4O2. The minimum Gasteiger partial charge on any atom is -0.362 e. The molecule has 1 rings (SSSR count). The topological polar surface area (TPSA) is 79.9 Å². The molecule has 0 aliphatic carbocycles. The standard InChI is InChI=1S/C6H7F3N4O2/c7-6(8,9)2-15-1-4(14)12-5-10-3-11-13-5/h3H,1-2H2,(H2,10,11,12,13,14). The number of anilines is 1. The fraction of sp³-hybridized carbons (Fsp3) is 0.500. The van der Waals surface area contributed by atoms with Crippen LogP contribution in [0.1, 0.15) is 0 Å². The van der Waals surface area contributed by atoms with Crippen LogP contribution in [0.2, 0.25) is 0 Å². The van der Waals surface area contributed by atoms with Gasteiger partial charge in [0.1, 0.15) is 19.5 Å². The first-order valence-corrected chi connectivity index (χ1v) is 3.77. The molecule has 6 nitrogen and oxygen atoms in total. The Labute approximate surface area is 81.8 Å². The SMILES string of the molecule is O=C(COCC(F)(F)F)Nc1ncn[nH]1. The molecule has 0 aromatic carbocycles. The van der Waals surface area contributed by atoms with E-state index in [0.29, 0.717) is 0 Å². The first-order chi connectivity index (χ1) is 6.97. The van der Waals surface area contributed by atoms with E-state index in [4.69, 9.17) is 0 Å². The van der Waals surface area contributed by atoms with Crippen molar-refractivity contribution in [2.24, 2.45) is 0 Å². The van der Waals surface area contributed by atoms with Crippen molar-refractivity contribution in [2.45, 2.75) is 6.18 Å². The normalized spacial score (nSPS) is 11.4. The molecule has 0 atom stereocenters. The zero-order valence-electron chi connectivity index (χ0n) is 7.34. The molecule has 1 amide bonds. The van der Waals surface area contributed by atoms with Crippen molar-refractivity contribution >= 4 is 11.9 Å². The van der Waals surface area contributed by atoms with Crippen LogP contribution in [0.25, 0.3) is 0 Å². The lowest BCUT2D eigenvalue weighted by molar-refractivity contribution is -0.174. The second-order valence-corrected chi connectivity index (χ2v) is 2.49. The van der Waals surface area contributed by atoms with Gasteiger partial charge in [-0.05, 0) is 0 Å². The number of alkyl halides is 3. The van der Waals surface area contributed by atoms with E-state index < -0.39 is 25.3 Å². The Kier molecular flexibility index (Phi) is 3.61. The highest BCUT2D eigenvalue weighted by Crippen LogP contribution is 2.14. The van der Waals surface area contributed by atoms with E-state index in [1.807, 2.05) is 0 Å². The number of carbonyl (C=O) groups excluding carboxylic acids is 1. The average Bonchev–Trinajstić information content (AvgIpc) is 2.54. The monoisotopic (exact) mass is 224 g/mol. The molecule has 1 aromatic rings. The highest BCUT2D eigenvalue weighted by atomic mass is 19.4. The third-order valence-electron chi connectivity index (χ3n) is 1.17. The van der Waals surface area contributed by atoms with E-state index in [9.17, 15) is 18.0 Å². The quantitative estimate of drug-likeness (QED) is 0.771. The molecule has 84 valence electrons. The van der Waals surface area contributed by atoms with Gasteiger partial charge in [0, 0.05) is 0 Å². The maximum absolute atomic E-state index is 11.6. The third-order valence-corrected chi connectivity index (χ3v) is 1.17. The lowest BCUT2D eigenvalue weighted by atomic mass is 10.6. The fourth-order valence-corrected chi connectivity index (χ4v) is 0.693. The molecule has 0 radical (unpaired) electrons. The largest absolute Gasteiger partial charge is 0.411 e. The van der Waals surface area contributed by atoms with E-state index in [1.54, 1.807) is 0 Å². The summed E-state index contributed by atoms with van der Waals surface area (Å²) in [6, 6.07) is 0. The zero-order chi connectivity index (χ0) is 11.3. The van der Waals surface area contributed by atoms with Gasteiger partial charge in [0.2, 0.25) is 5.95 Å². The Hall–Kier alpha value is -1.64. The summed E-state index contributed by atoms with van der Waals surface area (Å²) in [6.45, 7) is -2.16. The summed E-state index contributed by atoms with van der Waals surface area (Å²) in [4.78, 5) is 14.4. The smallest absolute Gasteiger partial charge is 0.362 e. The number of H-pyrrole nitrogens is 1. The Morgan fingerprint density at radius 1 is 1.60 bits per heavy atom. The van der Waals surface area contributed by atoms with Crippen LogP contribution in [-0.4, -0.2) is 40.5 Å². The van der Waals surface area contributed by atoms with Gasteiger partial charge in [0.15, 0.2) is 0 Å². The van der Waals surface area contributed by atoms with E-state index in [1.165, 1.54) is 0 Å². The van der Waals surface area contributed by atoms with Crippen LogP contribution in [0.5, 0.6) is 0 Å². The average molecular weight is 224 g/mol. The second kappa shape index (κ2) is 4.73. The minimum absolute atomic E-state index is 0.0515. The predicted molar refractivity (Wildman–Crippen MR) is 41.9 cm³/mol. The van der Waals surface area contributed by atoms with Gasteiger partial charge < -0.3 is 4.74 Å². The molecule has 1 heterocycles. The molecule has 0 fully saturated rings. The van der Waals surface area contributed by atoms with Crippen molar-refractivity contribution in [2.75, 3.05) is 18.5 Å². The molecule has 2 N–H and O–H groups in total. The fourth-order valence-electron chi connectivity index (χ4n) is 0.693. The van der Waals surface area contributed by atoms with Gasteiger partial charge >= 0.3 is 6.18 Å². The first-order valence-electron chi connectivity index (χ1n) is 3.77. The predicted octanol–water partition coefficient (Wildman–Crippen LogP) is 0.322. The maximum atomic E-state index is 11.6. The number of aromatic amines is 1. The van der Waals surface area contributed by atoms with Crippen LogP contribution in [-0.2, 0) is 9.53 Å².